The zero-order valence-corrected chi connectivity index (χ0v) is 11.9. The maximum atomic E-state index is 11.5. The van der Waals surface area contributed by atoms with Gasteiger partial charge in [-0.3, -0.25) is 0 Å². The number of aliphatic imine (C=N–C) groups is 1. The fraction of sp³-hybridized carbons (Fsp3) is 0.467. The minimum absolute atomic E-state index is 0.137. The summed E-state index contributed by atoms with van der Waals surface area (Å²) in [7, 11) is 0. The van der Waals surface area contributed by atoms with Gasteiger partial charge in [0.25, 0.3) is 0 Å². The van der Waals surface area contributed by atoms with Crippen molar-refractivity contribution in [1.82, 2.24) is 0 Å². The number of nitrogens with zero attached hydrogens (tertiary/aromatic N) is 1. The van der Waals surface area contributed by atoms with Crippen LogP contribution in [0.25, 0.3) is 0 Å². The summed E-state index contributed by atoms with van der Waals surface area (Å²) >= 11 is 0. The molecule has 0 atom stereocenters. The Morgan fingerprint density at radius 1 is 1.19 bits per heavy atom. The van der Waals surface area contributed by atoms with Crippen LogP contribution >= 0.6 is 0 Å². The Morgan fingerprint density at radius 2 is 1.81 bits per heavy atom. The van der Waals surface area contributed by atoms with Crippen molar-refractivity contribution in [2.45, 2.75) is 37.7 Å². The van der Waals surface area contributed by atoms with Crippen LogP contribution < -0.4 is 16.2 Å². The zero-order valence-electron chi connectivity index (χ0n) is 11.9. The number of benzene rings is 1. The quantitative estimate of drug-likeness (QED) is 0.330. The second kappa shape index (κ2) is 7.08. The van der Waals surface area contributed by atoms with Gasteiger partial charge < -0.3 is 21.3 Å². The number of guanidine groups is 1. The fourth-order valence-corrected chi connectivity index (χ4v) is 2.54. The van der Waals surface area contributed by atoms with Gasteiger partial charge >= 0.3 is 5.97 Å². The molecule has 114 valence electrons. The van der Waals surface area contributed by atoms with Crippen LogP contribution in [0.15, 0.2) is 29.3 Å². The van der Waals surface area contributed by atoms with Gasteiger partial charge in [-0.05, 0) is 49.3 Å². The summed E-state index contributed by atoms with van der Waals surface area (Å²) in [5.74, 6) is 0.309. The molecule has 6 nitrogen and oxygen atoms in total. The lowest BCUT2D eigenvalue weighted by atomic mass is 9.83. The van der Waals surface area contributed by atoms with Crippen LogP contribution in [-0.4, -0.2) is 29.7 Å². The summed E-state index contributed by atoms with van der Waals surface area (Å²) in [5, 5.41) is 9.52. The number of hydrogen-bond donors (Lipinski definition) is 3. The molecule has 0 spiro atoms. The van der Waals surface area contributed by atoms with E-state index in [4.69, 9.17) is 16.2 Å². The smallest absolute Gasteiger partial charge is 0.333 e. The predicted octanol–water partition coefficient (Wildman–Crippen LogP) is 0.884. The first-order chi connectivity index (χ1) is 10.0. The minimum Gasteiger partial charge on any atom is -0.425 e. The monoisotopic (exact) mass is 291 g/mol. The van der Waals surface area contributed by atoms with E-state index in [9.17, 15) is 9.90 Å². The average molecular weight is 291 g/mol. The first kappa shape index (κ1) is 15.3. The second-order valence-electron chi connectivity index (χ2n) is 5.29. The summed E-state index contributed by atoms with van der Waals surface area (Å²) in [5.41, 5.74) is 11.5. The van der Waals surface area contributed by atoms with Crippen LogP contribution in [0.3, 0.4) is 0 Å². The van der Waals surface area contributed by atoms with E-state index in [1.165, 1.54) is 5.56 Å². The molecular weight excluding hydrogens is 270 g/mol. The molecule has 0 aliphatic heterocycles. The number of aliphatic hydroxyl groups excluding tert-OH is 1. The van der Waals surface area contributed by atoms with Crippen LogP contribution in [0, 0.1) is 0 Å². The highest BCUT2D eigenvalue weighted by Crippen LogP contribution is 2.33. The van der Waals surface area contributed by atoms with Crippen molar-refractivity contribution in [3.05, 3.63) is 29.8 Å². The molecule has 1 aromatic rings. The molecular formula is C15H21N3O3. The van der Waals surface area contributed by atoms with E-state index < -0.39 is 5.97 Å². The van der Waals surface area contributed by atoms with Gasteiger partial charge in [0.2, 0.25) is 0 Å². The third-order valence-corrected chi connectivity index (χ3v) is 3.67. The number of aliphatic hydroxyl groups is 1. The summed E-state index contributed by atoms with van der Waals surface area (Å²) in [6.07, 6.45) is 3.52. The van der Waals surface area contributed by atoms with Crippen molar-refractivity contribution in [3.63, 3.8) is 0 Å². The minimum atomic E-state index is -0.503. The number of ether oxygens (including phenoxy) is 1. The van der Waals surface area contributed by atoms with Gasteiger partial charge in [0.1, 0.15) is 12.3 Å². The molecule has 1 aliphatic rings. The highest BCUT2D eigenvalue weighted by molar-refractivity contribution is 5.81. The Bertz CT molecular complexity index is 501. The standard InChI is InChI=1S/C15H21N3O3/c16-15(17)18-9-14(20)21-13-7-3-11(4-8-13)10-1-5-12(19)6-2-10/h3-4,7-8,10,12,19H,1-2,5-6,9H2,(H4,16,17,18). The zero-order chi connectivity index (χ0) is 15.2. The SMILES string of the molecule is NC(N)=NCC(=O)Oc1ccc(C2CCC(O)CC2)cc1. The van der Waals surface area contributed by atoms with Crippen molar-refractivity contribution >= 4 is 11.9 Å². The number of carbonyl (C=O) groups excluding carboxylic acids is 1. The molecule has 21 heavy (non-hydrogen) atoms. The molecule has 0 radical (unpaired) electrons. The molecule has 0 bridgehead atoms. The van der Waals surface area contributed by atoms with Crippen LogP contribution in [0.4, 0.5) is 0 Å². The topological polar surface area (TPSA) is 111 Å². The molecule has 2 rings (SSSR count). The fourth-order valence-electron chi connectivity index (χ4n) is 2.54. The molecule has 0 amide bonds. The molecule has 1 saturated carbocycles. The maximum absolute atomic E-state index is 11.5. The molecule has 0 aromatic heterocycles. The van der Waals surface area contributed by atoms with Gasteiger partial charge in [0, 0.05) is 0 Å². The molecule has 5 N–H and O–H groups in total. The molecule has 1 aliphatic carbocycles. The van der Waals surface area contributed by atoms with E-state index in [1.54, 1.807) is 12.1 Å². The Hall–Kier alpha value is -2.08. The first-order valence-corrected chi connectivity index (χ1v) is 7.08. The van der Waals surface area contributed by atoms with Crippen LogP contribution in [0.2, 0.25) is 0 Å². The summed E-state index contributed by atoms with van der Waals surface area (Å²) in [6.45, 7) is -0.190. The molecule has 1 aromatic carbocycles. The Kier molecular flexibility index (Phi) is 5.16. The van der Waals surface area contributed by atoms with E-state index in [0.717, 1.165) is 25.7 Å². The van der Waals surface area contributed by atoms with E-state index in [0.29, 0.717) is 11.7 Å². The van der Waals surface area contributed by atoms with Gasteiger partial charge in [0.05, 0.1) is 6.10 Å². The maximum Gasteiger partial charge on any atom is 0.333 e. The molecule has 1 fully saturated rings. The van der Waals surface area contributed by atoms with E-state index in [1.807, 2.05) is 12.1 Å². The highest BCUT2D eigenvalue weighted by atomic mass is 16.5. The van der Waals surface area contributed by atoms with Crippen molar-refractivity contribution in [1.29, 1.82) is 0 Å². The Labute approximate surface area is 123 Å². The lowest BCUT2D eigenvalue weighted by Crippen LogP contribution is -2.25. The second-order valence-corrected chi connectivity index (χ2v) is 5.29. The predicted molar refractivity (Wildman–Crippen MR) is 80.0 cm³/mol. The third kappa shape index (κ3) is 4.75. The Balaban J connectivity index is 1.90. The Morgan fingerprint density at radius 3 is 2.38 bits per heavy atom. The number of nitrogens with two attached hydrogens (primary N) is 2. The summed E-state index contributed by atoms with van der Waals surface area (Å²) in [6, 6.07) is 7.47. The molecule has 0 unspecified atom stereocenters. The number of carbonyl (C=O) groups is 1. The van der Waals surface area contributed by atoms with E-state index >= 15 is 0 Å². The summed E-state index contributed by atoms with van der Waals surface area (Å²) < 4.78 is 5.13. The number of hydrogen-bond acceptors (Lipinski definition) is 4. The molecule has 6 heteroatoms. The van der Waals surface area contributed by atoms with E-state index in [2.05, 4.69) is 4.99 Å². The van der Waals surface area contributed by atoms with Crippen molar-refractivity contribution < 1.29 is 14.6 Å². The van der Waals surface area contributed by atoms with Gasteiger partial charge in [-0.1, -0.05) is 12.1 Å². The van der Waals surface area contributed by atoms with Crippen molar-refractivity contribution in [2.24, 2.45) is 16.5 Å². The van der Waals surface area contributed by atoms with Gasteiger partial charge in [0.15, 0.2) is 5.96 Å². The van der Waals surface area contributed by atoms with Crippen LogP contribution in [-0.2, 0) is 4.79 Å². The average Bonchev–Trinajstić information content (AvgIpc) is 2.47. The molecule has 0 heterocycles. The number of rotatable bonds is 4. The van der Waals surface area contributed by atoms with Gasteiger partial charge in [-0.15, -0.1) is 0 Å². The highest BCUT2D eigenvalue weighted by Gasteiger charge is 2.20. The third-order valence-electron chi connectivity index (χ3n) is 3.67. The van der Waals surface area contributed by atoms with Crippen molar-refractivity contribution in [2.75, 3.05) is 6.54 Å². The van der Waals surface area contributed by atoms with Crippen LogP contribution in [0.1, 0.15) is 37.2 Å². The van der Waals surface area contributed by atoms with Gasteiger partial charge in [-0.2, -0.15) is 0 Å². The summed E-state index contributed by atoms with van der Waals surface area (Å²) in [4.78, 5) is 15.1. The number of esters is 1. The largest absolute Gasteiger partial charge is 0.425 e. The lowest BCUT2D eigenvalue weighted by molar-refractivity contribution is -0.132. The van der Waals surface area contributed by atoms with Crippen LogP contribution in [0.5, 0.6) is 5.75 Å². The normalized spacial score (nSPS) is 21.6. The lowest BCUT2D eigenvalue weighted by Gasteiger charge is -2.25. The van der Waals surface area contributed by atoms with E-state index in [-0.39, 0.29) is 18.6 Å². The molecule has 0 saturated heterocycles. The van der Waals surface area contributed by atoms with Crippen molar-refractivity contribution in [3.8, 4) is 5.75 Å². The van der Waals surface area contributed by atoms with Gasteiger partial charge in [-0.25, -0.2) is 9.79 Å². The first-order valence-electron chi connectivity index (χ1n) is 7.08.